The van der Waals surface area contributed by atoms with Gasteiger partial charge < -0.3 is 4.74 Å². The topological polar surface area (TPSA) is 22.1 Å². The summed E-state index contributed by atoms with van der Waals surface area (Å²) in [5, 5.41) is 1.71. The molecule has 0 unspecified atom stereocenters. The van der Waals surface area contributed by atoms with Gasteiger partial charge >= 0.3 is 0 Å². The van der Waals surface area contributed by atoms with Gasteiger partial charge in [-0.15, -0.1) is 0 Å². The fourth-order valence-corrected chi connectivity index (χ4v) is 2.25. The first-order chi connectivity index (χ1) is 8.15. The van der Waals surface area contributed by atoms with E-state index in [1.54, 1.807) is 7.11 Å². The van der Waals surface area contributed by atoms with Gasteiger partial charge in [-0.25, -0.2) is 4.98 Å². The molecule has 0 bridgehead atoms. The molecule has 1 aromatic carbocycles. The number of ether oxygens (including phenoxy) is 1. The smallest absolute Gasteiger partial charge is 0.132 e. The summed E-state index contributed by atoms with van der Waals surface area (Å²) < 4.78 is 5.27. The van der Waals surface area contributed by atoms with Gasteiger partial charge in [-0.3, -0.25) is 0 Å². The quantitative estimate of drug-likeness (QED) is 0.762. The number of benzene rings is 1. The molecule has 2 rings (SSSR count). The molecule has 2 nitrogen and oxygen atoms in total. The summed E-state index contributed by atoms with van der Waals surface area (Å²) in [6.07, 6.45) is 2.02. The maximum atomic E-state index is 6.19. The first kappa shape index (κ1) is 12.2. The summed E-state index contributed by atoms with van der Waals surface area (Å²) in [5.74, 6) is 0.863. The van der Waals surface area contributed by atoms with Gasteiger partial charge in [-0.2, -0.15) is 0 Å². The van der Waals surface area contributed by atoms with Crippen LogP contribution in [0.3, 0.4) is 0 Å². The number of halogens is 1. The molecule has 0 radical (unpaired) electrons. The molecule has 2 aromatic rings. The van der Waals surface area contributed by atoms with Crippen molar-refractivity contribution in [3.63, 3.8) is 0 Å². The third kappa shape index (κ3) is 2.37. The molecule has 0 saturated carbocycles. The lowest BCUT2D eigenvalue weighted by atomic mass is 10.1. The predicted octanol–water partition coefficient (Wildman–Crippen LogP) is 4.16. The number of fused-ring (bicyclic) bond motifs is 1. The molecule has 0 N–H and O–H groups in total. The van der Waals surface area contributed by atoms with Crippen LogP contribution in [-0.4, -0.2) is 12.1 Å². The van der Waals surface area contributed by atoms with Gasteiger partial charge in [0.15, 0.2) is 0 Å². The van der Waals surface area contributed by atoms with Crippen molar-refractivity contribution in [1.29, 1.82) is 0 Å². The molecule has 0 spiro atoms. The van der Waals surface area contributed by atoms with E-state index < -0.39 is 0 Å². The average Bonchev–Trinajstić information content (AvgIpc) is 2.31. The Bertz CT molecular complexity index is 551. The highest BCUT2D eigenvalue weighted by molar-refractivity contribution is 6.30. The molecule has 0 fully saturated rings. The summed E-state index contributed by atoms with van der Waals surface area (Å²) >= 11 is 6.19. The third-order valence-electron chi connectivity index (χ3n) is 2.86. The molecule has 0 saturated heterocycles. The van der Waals surface area contributed by atoms with Gasteiger partial charge in [0, 0.05) is 5.39 Å². The second-order valence-electron chi connectivity index (χ2n) is 4.20. The van der Waals surface area contributed by atoms with Crippen LogP contribution in [0.5, 0.6) is 5.75 Å². The minimum absolute atomic E-state index is 0.618. The normalized spacial score (nSPS) is 10.8. The maximum Gasteiger partial charge on any atom is 0.132 e. The number of aromatic nitrogens is 1. The van der Waals surface area contributed by atoms with E-state index in [1.165, 1.54) is 0 Å². The fraction of sp³-hybridized carbons (Fsp3) is 0.357. The number of hydrogen-bond acceptors (Lipinski definition) is 2. The van der Waals surface area contributed by atoms with Crippen molar-refractivity contribution in [3.05, 3.63) is 34.5 Å². The zero-order valence-corrected chi connectivity index (χ0v) is 11.1. The zero-order chi connectivity index (χ0) is 12.4. The first-order valence-corrected chi connectivity index (χ1v) is 6.17. The van der Waals surface area contributed by atoms with Gasteiger partial charge in [0.25, 0.3) is 0 Å². The lowest BCUT2D eigenvalue weighted by molar-refractivity contribution is 0.415. The number of hydrogen-bond donors (Lipinski definition) is 0. The standard InChI is InChI=1S/C14H16ClNO/c1-4-5-10-7-11-8-12(17-3)6-9(2)13(11)16-14(10)15/h6-8H,4-5H2,1-3H3. The van der Waals surface area contributed by atoms with E-state index in [2.05, 4.69) is 18.0 Å². The van der Waals surface area contributed by atoms with Crippen LogP contribution in [-0.2, 0) is 6.42 Å². The van der Waals surface area contributed by atoms with Crippen LogP contribution in [0.25, 0.3) is 10.9 Å². The summed E-state index contributed by atoms with van der Waals surface area (Å²) in [5.41, 5.74) is 3.15. The Morgan fingerprint density at radius 1 is 1.29 bits per heavy atom. The second kappa shape index (κ2) is 4.92. The molecule has 0 amide bonds. The van der Waals surface area contributed by atoms with Gasteiger partial charge in [-0.1, -0.05) is 24.9 Å². The molecule has 0 aliphatic rings. The molecule has 1 aromatic heterocycles. The summed E-state index contributed by atoms with van der Waals surface area (Å²) in [4.78, 5) is 4.48. The SMILES string of the molecule is CCCc1cc2cc(OC)cc(C)c2nc1Cl. The van der Waals surface area contributed by atoms with Crippen molar-refractivity contribution in [3.8, 4) is 5.75 Å². The predicted molar refractivity (Wildman–Crippen MR) is 72.0 cm³/mol. The van der Waals surface area contributed by atoms with E-state index in [9.17, 15) is 0 Å². The summed E-state index contributed by atoms with van der Waals surface area (Å²) in [6.45, 7) is 4.16. The van der Waals surface area contributed by atoms with Crippen molar-refractivity contribution in [2.75, 3.05) is 7.11 Å². The van der Waals surface area contributed by atoms with Gasteiger partial charge in [-0.05, 0) is 42.7 Å². The minimum atomic E-state index is 0.618. The van der Waals surface area contributed by atoms with Crippen molar-refractivity contribution < 1.29 is 4.74 Å². The molecule has 17 heavy (non-hydrogen) atoms. The number of nitrogens with zero attached hydrogens (tertiary/aromatic N) is 1. The van der Waals surface area contributed by atoms with Crippen LogP contribution < -0.4 is 4.74 Å². The van der Waals surface area contributed by atoms with Crippen LogP contribution in [0.15, 0.2) is 18.2 Å². The fourth-order valence-electron chi connectivity index (χ4n) is 2.02. The lowest BCUT2D eigenvalue weighted by Gasteiger charge is -2.09. The minimum Gasteiger partial charge on any atom is -0.497 e. The van der Waals surface area contributed by atoms with Crippen LogP contribution in [0.1, 0.15) is 24.5 Å². The van der Waals surface area contributed by atoms with Crippen LogP contribution in [0.4, 0.5) is 0 Å². The Balaban J connectivity index is 2.65. The Morgan fingerprint density at radius 2 is 2.06 bits per heavy atom. The van der Waals surface area contributed by atoms with Crippen LogP contribution in [0, 0.1) is 6.92 Å². The van der Waals surface area contributed by atoms with E-state index in [4.69, 9.17) is 16.3 Å². The summed E-state index contributed by atoms with van der Waals surface area (Å²) in [6, 6.07) is 6.10. The van der Waals surface area contributed by atoms with Crippen molar-refractivity contribution >= 4 is 22.5 Å². The second-order valence-corrected chi connectivity index (χ2v) is 4.56. The first-order valence-electron chi connectivity index (χ1n) is 5.79. The Kier molecular flexibility index (Phi) is 3.53. The van der Waals surface area contributed by atoms with Gasteiger partial charge in [0.2, 0.25) is 0 Å². The van der Waals surface area contributed by atoms with Crippen molar-refractivity contribution in [2.45, 2.75) is 26.7 Å². The largest absolute Gasteiger partial charge is 0.497 e. The highest BCUT2D eigenvalue weighted by atomic mass is 35.5. The van der Waals surface area contributed by atoms with E-state index in [1.807, 2.05) is 19.1 Å². The van der Waals surface area contributed by atoms with Crippen LogP contribution in [0.2, 0.25) is 5.15 Å². The molecule has 0 aliphatic carbocycles. The summed E-state index contributed by atoms with van der Waals surface area (Å²) in [7, 11) is 1.68. The van der Waals surface area contributed by atoms with Crippen molar-refractivity contribution in [2.24, 2.45) is 0 Å². The van der Waals surface area contributed by atoms with E-state index in [0.717, 1.165) is 40.6 Å². The van der Waals surface area contributed by atoms with Gasteiger partial charge in [0.05, 0.1) is 12.6 Å². The Hall–Kier alpha value is -1.28. The Morgan fingerprint density at radius 3 is 2.71 bits per heavy atom. The average molecular weight is 250 g/mol. The van der Waals surface area contributed by atoms with Crippen LogP contribution >= 0.6 is 11.6 Å². The molecule has 1 heterocycles. The molecular weight excluding hydrogens is 234 g/mol. The highest BCUT2D eigenvalue weighted by Gasteiger charge is 2.08. The maximum absolute atomic E-state index is 6.19. The van der Waals surface area contributed by atoms with Gasteiger partial charge in [0.1, 0.15) is 10.9 Å². The van der Waals surface area contributed by atoms with Crippen molar-refractivity contribution in [1.82, 2.24) is 4.98 Å². The molecule has 0 atom stereocenters. The number of methoxy groups -OCH3 is 1. The van der Waals surface area contributed by atoms with E-state index >= 15 is 0 Å². The Labute approximate surface area is 107 Å². The molecular formula is C14H16ClNO. The molecule has 3 heteroatoms. The zero-order valence-electron chi connectivity index (χ0n) is 10.4. The highest BCUT2D eigenvalue weighted by Crippen LogP contribution is 2.27. The number of pyridine rings is 1. The molecule has 90 valence electrons. The molecule has 0 aliphatic heterocycles. The number of aryl methyl sites for hydroxylation is 2. The van der Waals surface area contributed by atoms with E-state index in [0.29, 0.717) is 5.15 Å². The monoisotopic (exact) mass is 249 g/mol. The van der Waals surface area contributed by atoms with E-state index in [-0.39, 0.29) is 0 Å². The third-order valence-corrected chi connectivity index (χ3v) is 3.19. The lowest BCUT2D eigenvalue weighted by Crippen LogP contribution is -1.93. The number of rotatable bonds is 3.